The van der Waals surface area contributed by atoms with Crippen LogP contribution in [-0.2, 0) is 42.9 Å². The molecule has 0 aromatic carbocycles. The topological polar surface area (TPSA) is 142 Å². The SMILES string of the molecule is C=C1CC23CC1(OC(C)=O)CCC2(O)C1=CC(=O)C(OC(C)=O)C(C)(C(=O)OC)C1C3C(=O)OC. The first-order chi connectivity index (χ1) is 16.2. The second-order valence-electron chi connectivity index (χ2n) is 10.3. The Hall–Kier alpha value is -3.01. The first kappa shape index (κ1) is 25.1. The molecule has 4 aliphatic carbocycles. The van der Waals surface area contributed by atoms with Crippen LogP contribution in [0.1, 0.15) is 46.5 Å². The molecule has 4 aliphatic rings. The zero-order valence-corrected chi connectivity index (χ0v) is 20.5. The Kier molecular flexibility index (Phi) is 5.55. The lowest BCUT2D eigenvalue weighted by Gasteiger charge is -2.48. The molecule has 7 atom stereocenters. The van der Waals surface area contributed by atoms with Crippen molar-refractivity contribution in [1.82, 2.24) is 0 Å². The van der Waals surface area contributed by atoms with Crippen LogP contribution in [0.3, 0.4) is 0 Å². The molecule has 0 heterocycles. The van der Waals surface area contributed by atoms with Crippen molar-refractivity contribution in [2.24, 2.45) is 22.7 Å². The minimum Gasteiger partial charge on any atom is -0.469 e. The maximum atomic E-state index is 13.4. The van der Waals surface area contributed by atoms with Crippen molar-refractivity contribution >= 4 is 29.7 Å². The van der Waals surface area contributed by atoms with Crippen LogP contribution < -0.4 is 0 Å². The molecule has 35 heavy (non-hydrogen) atoms. The molecule has 10 nitrogen and oxygen atoms in total. The summed E-state index contributed by atoms with van der Waals surface area (Å²) in [6, 6.07) is 0. The van der Waals surface area contributed by atoms with Gasteiger partial charge < -0.3 is 24.1 Å². The molecule has 4 rings (SSSR count). The molecule has 1 spiro atoms. The molecule has 2 bridgehead atoms. The van der Waals surface area contributed by atoms with Crippen molar-refractivity contribution in [2.45, 2.75) is 63.8 Å². The number of hydrogen-bond acceptors (Lipinski definition) is 10. The standard InChI is InChI=1S/C25H30O10/c1-12-10-23-11-24(12,35-14(3)27)7-8-25(23,31)15-9-16(28)19(34-13(2)26)22(4,21(30)33-6)17(15)18(23)20(29)32-5/h9,17-19,31H,1,7-8,10-11H2,2-6H3. The molecule has 3 saturated carbocycles. The highest BCUT2D eigenvalue weighted by atomic mass is 16.6. The van der Waals surface area contributed by atoms with Gasteiger partial charge in [0.25, 0.3) is 0 Å². The fraction of sp³-hybridized carbons (Fsp3) is 0.640. The van der Waals surface area contributed by atoms with E-state index in [9.17, 15) is 29.1 Å². The highest BCUT2D eigenvalue weighted by Gasteiger charge is 2.80. The van der Waals surface area contributed by atoms with E-state index in [4.69, 9.17) is 18.9 Å². The number of aliphatic hydroxyl groups is 1. The van der Waals surface area contributed by atoms with Gasteiger partial charge in [-0.15, -0.1) is 0 Å². The predicted octanol–water partition coefficient (Wildman–Crippen LogP) is 1.19. The van der Waals surface area contributed by atoms with Crippen LogP contribution in [0.25, 0.3) is 0 Å². The van der Waals surface area contributed by atoms with Gasteiger partial charge in [0, 0.05) is 31.6 Å². The lowest BCUT2D eigenvalue weighted by atomic mass is 9.59. The molecule has 0 aromatic rings. The normalized spacial score (nSPS) is 41.3. The van der Waals surface area contributed by atoms with E-state index >= 15 is 0 Å². The quantitative estimate of drug-likeness (QED) is 0.347. The largest absolute Gasteiger partial charge is 0.469 e. The van der Waals surface area contributed by atoms with Gasteiger partial charge in [-0.25, -0.2) is 0 Å². The van der Waals surface area contributed by atoms with Crippen molar-refractivity contribution in [2.75, 3.05) is 14.2 Å². The van der Waals surface area contributed by atoms with Gasteiger partial charge in [0.1, 0.15) is 11.0 Å². The Labute approximate surface area is 202 Å². The average Bonchev–Trinajstić information content (AvgIpc) is 3.15. The van der Waals surface area contributed by atoms with Gasteiger partial charge in [0.05, 0.1) is 25.7 Å². The van der Waals surface area contributed by atoms with E-state index in [-0.39, 0.29) is 31.3 Å². The maximum Gasteiger partial charge on any atom is 0.316 e. The number of ketones is 1. The van der Waals surface area contributed by atoms with Gasteiger partial charge in [0.2, 0.25) is 0 Å². The van der Waals surface area contributed by atoms with Crippen molar-refractivity contribution in [3.05, 3.63) is 23.8 Å². The second-order valence-corrected chi connectivity index (χ2v) is 10.3. The summed E-state index contributed by atoms with van der Waals surface area (Å²) in [6.45, 7) is 7.90. The van der Waals surface area contributed by atoms with E-state index in [0.29, 0.717) is 5.57 Å². The number of carbonyl (C=O) groups excluding carboxylic acids is 5. The number of fused-ring (bicyclic) bond motifs is 3. The summed E-state index contributed by atoms with van der Waals surface area (Å²) in [5.74, 6) is -5.83. The number of esters is 4. The van der Waals surface area contributed by atoms with E-state index in [2.05, 4.69) is 6.58 Å². The monoisotopic (exact) mass is 490 g/mol. The van der Waals surface area contributed by atoms with E-state index in [1.54, 1.807) is 0 Å². The Morgan fingerprint density at radius 2 is 1.74 bits per heavy atom. The minimum absolute atomic E-state index is 0.0535. The summed E-state index contributed by atoms with van der Waals surface area (Å²) < 4.78 is 21.2. The Balaban J connectivity index is 2.00. The summed E-state index contributed by atoms with van der Waals surface area (Å²) in [7, 11) is 2.32. The summed E-state index contributed by atoms with van der Waals surface area (Å²) in [6.07, 6.45) is 0.0560. The van der Waals surface area contributed by atoms with Crippen molar-refractivity contribution in [3.8, 4) is 0 Å². The molecular weight excluding hydrogens is 460 g/mol. The highest BCUT2D eigenvalue weighted by molar-refractivity contribution is 6.03. The molecule has 7 unspecified atom stereocenters. The second kappa shape index (κ2) is 7.74. The third-order valence-electron chi connectivity index (χ3n) is 8.68. The van der Waals surface area contributed by atoms with Gasteiger partial charge in [-0.1, -0.05) is 6.58 Å². The molecular formula is C25H30O10. The summed E-state index contributed by atoms with van der Waals surface area (Å²) in [5, 5.41) is 12.3. The van der Waals surface area contributed by atoms with E-state index in [0.717, 1.165) is 14.0 Å². The molecule has 0 radical (unpaired) electrons. The molecule has 10 heteroatoms. The van der Waals surface area contributed by atoms with E-state index in [1.807, 2.05) is 0 Å². The zero-order chi connectivity index (χ0) is 26.1. The summed E-state index contributed by atoms with van der Waals surface area (Å²) >= 11 is 0. The fourth-order valence-electron chi connectivity index (χ4n) is 7.38. The molecule has 3 fully saturated rings. The Bertz CT molecular complexity index is 1090. The van der Waals surface area contributed by atoms with Crippen LogP contribution in [0.2, 0.25) is 0 Å². The number of rotatable bonds is 4. The van der Waals surface area contributed by atoms with E-state index < -0.39 is 69.6 Å². The van der Waals surface area contributed by atoms with Crippen LogP contribution in [-0.4, -0.2) is 66.3 Å². The van der Waals surface area contributed by atoms with Crippen LogP contribution in [0.5, 0.6) is 0 Å². The van der Waals surface area contributed by atoms with E-state index in [1.165, 1.54) is 27.0 Å². The fourth-order valence-corrected chi connectivity index (χ4v) is 7.38. The molecule has 0 aliphatic heterocycles. The number of methoxy groups -OCH3 is 2. The maximum absolute atomic E-state index is 13.4. The number of ether oxygens (including phenoxy) is 4. The Morgan fingerprint density at radius 1 is 1.09 bits per heavy atom. The third kappa shape index (κ3) is 3.01. The predicted molar refractivity (Wildman–Crippen MR) is 117 cm³/mol. The first-order valence-electron chi connectivity index (χ1n) is 11.4. The van der Waals surface area contributed by atoms with Gasteiger partial charge in [-0.05, 0) is 43.4 Å². The van der Waals surface area contributed by atoms with Crippen molar-refractivity contribution in [3.63, 3.8) is 0 Å². The summed E-state index contributed by atoms with van der Waals surface area (Å²) in [5.41, 5.74) is -5.18. The molecule has 0 saturated heterocycles. The zero-order valence-electron chi connectivity index (χ0n) is 20.5. The molecule has 190 valence electrons. The van der Waals surface area contributed by atoms with Gasteiger partial charge in [-0.2, -0.15) is 0 Å². The lowest BCUT2D eigenvalue weighted by Crippen LogP contribution is -2.57. The van der Waals surface area contributed by atoms with Crippen LogP contribution in [0.4, 0.5) is 0 Å². The van der Waals surface area contributed by atoms with Gasteiger partial charge >= 0.3 is 23.9 Å². The molecule has 0 aromatic heterocycles. The number of hydrogen-bond donors (Lipinski definition) is 1. The molecule has 1 N–H and O–H groups in total. The highest BCUT2D eigenvalue weighted by Crippen LogP contribution is 2.75. The van der Waals surface area contributed by atoms with Crippen molar-refractivity contribution < 1.29 is 48.0 Å². The first-order valence-corrected chi connectivity index (χ1v) is 11.4. The minimum atomic E-state index is -1.84. The Morgan fingerprint density at radius 3 is 2.29 bits per heavy atom. The van der Waals surface area contributed by atoms with Crippen molar-refractivity contribution in [1.29, 1.82) is 0 Å². The van der Waals surface area contributed by atoms with Crippen LogP contribution in [0.15, 0.2) is 23.8 Å². The van der Waals surface area contributed by atoms with Crippen LogP contribution in [0, 0.1) is 22.7 Å². The average molecular weight is 491 g/mol. The summed E-state index contributed by atoms with van der Waals surface area (Å²) in [4.78, 5) is 63.9. The third-order valence-corrected chi connectivity index (χ3v) is 8.68. The number of carbonyl (C=O) groups is 5. The van der Waals surface area contributed by atoms with Crippen LogP contribution >= 0.6 is 0 Å². The van der Waals surface area contributed by atoms with Gasteiger partial charge in [0.15, 0.2) is 11.9 Å². The smallest absolute Gasteiger partial charge is 0.316 e. The molecule has 0 amide bonds. The lowest BCUT2D eigenvalue weighted by molar-refractivity contribution is -0.184. The van der Waals surface area contributed by atoms with Gasteiger partial charge in [-0.3, -0.25) is 24.0 Å².